The van der Waals surface area contributed by atoms with Crippen molar-refractivity contribution in [3.63, 3.8) is 0 Å². The normalized spacial score (nSPS) is 18.1. The molecule has 2 aromatic rings. The van der Waals surface area contributed by atoms with E-state index >= 15 is 0 Å². The van der Waals surface area contributed by atoms with Gasteiger partial charge in [0, 0.05) is 36.7 Å². The minimum Gasteiger partial charge on any atom is -0.355 e. The van der Waals surface area contributed by atoms with E-state index in [1.54, 1.807) is 0 Å². The number of amides is 2. The molecule has 0 radical (unpaired) electrons. The molecule has 0 spiro atoms. The highest BCUT2D eigenvalue weighted by Gasteiger charge is 2.24. The summed E-state index contributed by atoms with van der Waals surface area (Å²) in [7, 11) is 0. The number of anilines is 1. The van der Waals surface area contributed by atoms with E-state index in [4.69, 9.17) is 0 Å². The van der Waals surface area contributed by atoms with Gasteiger partial charge in [-0.3, -0.25) is 9.59 Å². The van der Waals surface area contributed by atoms with E-state index in [0.29, 0.717) is 19.4 Å². The maximum Gasteiger partial charge on any atom is 0.229 e. The molecule has 5 heteroatoms. The molecule has 3 rings (SSSR count). The highest BCUT2D eigenvalue weighted by atomic mass is 16.2. The SMILES string of the molecule is O=C1CCC(C(=O)Nc2cccc(-n3cccc3)c2)CN1. The molecule has 1 aromatic heterocycles. The number of benzene rings is 1. The molecule has 1 aliphatic rings. The van der Waals surface area contributed by atoms with E-state index in [1.165, 1.54) is 0 Å². The molecule has 1 aromatic carbocycles. The van der Waals surface area contributed by atoms with Crippen LogP contribution in [0.25, 0.3) is 5.69 Å². The first-order valence-corrected chi connectivity index (χ1v) is 7.03. The molecule has 108 valence electrons. The first-order chi connectivity index (χ1) is 10.2. The molecule has 1 saturated heterocycles. The lowest BCUT2D eigenvalue weighted by Gasteiger charge is -2.21. The van der Waals surface area contributed by atoms with Crippen molar-refractivity contribution < 1.29 is 9.59 Å². The van der Waals surface area contributed by atoms with Crippen LogP contribution in [0.1, 0.15) is 12.8 Å². The van der Waals surface area contributed by atoms with Crippen LogP contribution in [0.5, 0.6) is 0 Å². The van der Waals surface area contributed by atoms with Crippen molar-refractivity contribution in [2.45, 2.75) is 12.8 Å². The number of piperidine rings is 1. The van der Waals surface area contributed by atoms with Gasteiger partial charge in [-0.05, 0) is 36.8 Å². The molecular formula is C16H17N3O2. The van der Waals surface area contributed by atoms with Crippen molar-refractivity contribution in [1.82, 2.24) is 9.88 Å². The number of nitrogens with one attached hydrogen (secondary N) is 2. The molecule has 1 fully saturated rings. The van der Waals surface area contributed by atoms with Crippen molar-refractivity contribution in [2.24, 2.45) is 5.92 Å². The summed E-state index contributed by atoms with van der Waals surface area (Å²) in [4.78, 5) is 23.3. The summed E-state index contributed by atoms with van der Waals surface area (Å²) < 4.78 is 1.98. The molecule has 2 amide bonds. The maximum atomic E-state index is 12.2. The van der Waals surface area contributed by atoms with Crippen LogP contribution in [0.4, 0.5) is 5.69 Å². The lowest BCUT2D eigenvalue weighted by atomic mass is 9.98. The van der Waals surface area contributed by atoms with E-state index in [9.17, 15) is 9.59 Å². The Labute approximate surface area is 123 Å². The van der Waals surface area contributed by atoms with Crippen LogP contribution in [0.15, 0.2) is 48.8 Å². The molecule has 2 N–H and O–H groups in total. The Bertz CT molecular complexity index is 639. The van der Waals surface area contributed by atoms with Gasteiger partial charge in [-0.15, -0.1) is 0 Å². The van der Waals surface area contributed by atoms with Crippen LogP contribution in [0.3, 0.4) is 0 Å². The van der Waals surface area contributed by atoms with Gasteiger partial charge in [0.25, 0.3) is 0 Å². The summed E-state index contributed by atoms with van der Waals surface area (Å²) in [6, 6.07) is 11.6. The molecule has 0 aliphatic carbocycles. The minimum absolute atomic E-state index is 0.0219. The number of carbonyl (C=O) groups is 2. The van der Waals surface area contributed by atoms with Gasteiger partial charge < -0.3 is 15.2 Å². The fourth-order valence-corrected chi connectivity index (χ4v) is 2.45. The molecule has 1 aliphatic heterocycles. The topological polar surface area (TPSA) is 63.1 Å². The third kappa shape index (κ3) is 3.13. The lowest BCUT2D eigenvalue weighted by molar-refractivity contribution is -0.126. The maximum absolute atomic E-state index is 12.2. The average Bonchev–Trinajstić information content (AvgIpc) is 3.02. The molecule has 1 unspecified atom stereocenters. The Morgan fingerprint density at radius 2 is 2.05 bits per heavy atom. The van der Waals surface area contributed by atoms with Crippen molar-refractivity contribution in [3.05, 3.63) is 48.8 Å². The smallest absolute Gasteiger partial charge is 0.229 e. The van der Waals surface area contributed by atoms with Crippen molar-refractivity contribution in [3.8, 4) is 5.69 Å². The van der Waals surface area contributed by atoms with Crippen molar-refractivity contribution >= 4 is 17.5 Å². The monoisotopic (exact) mass is 283 g/mol. The zero-order valence-electron chi connectivity index (χ0n) is 11.6. The largest absolute Gasteiger partial charge is 0.355 e. The average molecular weight is 283 g/mol. The van der Waals surface area contributed by atoms with Crippen molar-refractivity contribution in [1.29, 1.82) is 0 Å². The van der Waals surface area contributed by atoms with E-state index in [0.717, 1.165) is 11.4 Å². The highest BCUT2D eigenvalue weighted by Crippen LogP contribution is 2.18. The third-order valence-corrected chi connectivity index (χ3v) is 3.65. The summed E-state index contributed by atoms with van der Waals surface area (Å²) in [5, 5.41) is 5.65. The van der Waals surface area contributed by atoms with Crippen LogP contribution < -0.4 is 10.6 Å². The summed E-state index contributed by atoms with van der Waals surface area (Å²) in [5.74, 6) is -0.175. The summed E-state index contributed by atoms with van der Waals surface area (Å²) in [6.07, 6.45) is 4.94. The van der Waals surface area contributed by atoms with E-state index in [1.807, 2.05) is 53.4 Å². The second-order valence-electron chi connectivity index (χ2n) is 5.17. The third-order valence-electron chi connectivity index (χ3n) is 3.65. The Balaban J connectivity index is 1.69. The Hall–Kier alpha value is -2.56. The van der Waals surface area contributed by atoms with Gasteiger partial charge in [0.15, 0.2) is 0 Å². The first kappa shape index (κ1) is 13.4. The Kier molecular flexibility index (Phi) is 3.73. The fraction of sp³-hybridized carbons (Fsp3) is 0.250. The highest BCUT2D eigenvalue weighted by molar-refractivity contribution is 5.94. The number of hydrogen-bond donors (Lipinski definition) is 2. The van der Waals surface area contributed by atoms with Gasteiger partial charge >= 0.3 is 0 Å². The second kappa shape index (κ2) is 5.83. The Morgan fingerprint density at radius 1 is 1.24 bits per heavy atom. The number of nitrogens with zero attached hydrogens (tertiary/aromatic N) is 1. The quantitative estimate of drug-likeness (QED) is 0.904. The van der Waals surface area contributed by atoms with Crippen LogP contribution in [-0.4, -0.2) is 22.9 Å². The van der Waals surface area contributed by atoms with Gasteiger partial charge in [-0.1, -0.05) is 6.07 Å². The van der Waals surface area contributed by atoms with Crippen LogP contribution in [-0.2, 0) is 9.59 Å². The molecule has 5 nitrogen and oxygen atoms in total. The predicted octanol–water partition coefficient (Wildman–Crippen LogP) is 1.94. The minimum atomic E-state index is -0.155. The molecule has 0 saturated carbocycles. The lowest BCUT2D eigenvalue weighted by Crippen LogP contribution is -2.40. The van der Waals surface area contributed by atoms with Gasteiger partial charge in [0.2, 0.25) is 11.8 Å². The van der Waals surface area contributed by atoms with Gasteiger partial charge in [0.05, 0.1) is 5.92 Å². The number of rotatable bonds is 3. The number of carbonyl (C=O) groups excluding carboxylic acids is 2. The zero-order chi connectivity index (χ0) is 14.7. The molecule has 1 atom stereocenters. The second-order valence-corrected chi connectivity index (χ2v) is 5.17. The fourth-order valence-electron chi connectivity index (χ4n) is 2.45. The van der Waals surface area contributed by atoms with Gasteiger partial charge in [-0.2, -0.15) is 0 Å². The van der Waals surface area contributed by atoms with Gasteiger partial charge in [-0.25, -0.2) is 0 Å². The van der Waals surface area contributed by atoms with E-state index in [-0.39, 0.29) is 17.7 Å². The first-order valence-electron chi connectivity index (χ1n) is 7.03. The zero-order valence-corrected chi connectivity index (χ0v) is 11.6. The molecular weight excluding hydrogens is 266 g/mol. The standard InChI is InChI=1S/C16H17N3O2/c20-15-7-6-12(11-17-15)16(21)18-13-4-3-5-14(10-13)19-8-1-2-9-19/h1-5,8-10,12H,6-7,11H2,(H,17,20)(H,18,21). The predicted molar refractivity (Wildman–Crippen MR) is 80.1 cm³/mol. The summed E-state index contributed by atoms with van der Waals surface area (Å²) in [5.41, 5.74) is 1.76. The van der Waals surface area contributed by atoms with Crippen molar-refractivity contribution in [2.75, 3.05) is 11.9 Å². The number of hydrogen-bond acceptors (Lipinski definition) is 2. The summed E-state index contributed by atoms with van der Waals surface area (Å²) in [6.45, 7) is 0.419. The molecule has 21 heavy (non-hydrogen) atoms. The van der Waals surface area contributed by atoms with Crippen LogP contribution in [0, 0.1) is 5.92 Å². The van der Waals surface area contributed by atoms with Gasteiger partial charge in [0.1, 0.15) is 0 Å². The van der Waals surface area contributed by atoms with E-state index < -0.39 is 0 Å². The number of aromatic nitrogens is 1. The van der Waals surface area contributed by atoms with E-state index in [2.05, 4.69) is 10.6 Å². The van der Waals surface area contributed by atoms with Crippen LogP contribution >= 0.6 is 0 Å². The molecule has 0 bridgehead atoms. The summed E-state index contributed by atoms with van der Waals surface area (Å²) >= 11 is 0. The Morgan fingerprint density at radius 3 is 2.76 bits per heavy atom. The van der Waals surface area contributed by atoms with Crippen LogP contribution in [0.2, 0.25) is 0 Å². The molecule has 2 heterocycles.